The number of halogens is 2. The third kappa shape index (κ3) is 4.82. The van der Waals surface area contributed by atoms with E-state index in [9.17, 15) is 13.6 Å². The summed E-state index contributed by atoms with van der Waals surface area (Å²) in [6.45, 7) is 1.03. The maximum atomic E-state index is 12.0. The number of hydrogen-bond acceptors (Lipinski definition) is 3. The number of benzene rings is 1. The van der Waals surface area contributed by atoms with Gasteiger partial charge in [-0.3, -0.25) is 4.79 Å². The Hall–Kier alpha value is -1.69. The Morgan fingerprint density at radius 1 is 1.32 bits per heavy atom. The number of alkyl halides is 2. The molecule has 0 aromatic heterocycles. The van der Waals surface area contributed by atoms with Crippen LogP contribution in [0, 0.1) is 0 Å². The number of amides is 1. The van der Waals surface area contributed by atoms with Crippen molar-refractivity contribution in [2.75, 3.05) is 7.05 Å². The molecular formula is C13H18F2N2O2. The van der Waals surface area contributed by atoms with Crippen molar-refractivity contribution in [3.05, 3.63) is 29.8 Å². The Morgan fingerprint density at radius 3 is 2.37 bits per heavy atom. The molecule has 4 nitrogen and oxygen atoms in total. The van der Waals surface area contributed by atoms with Crippen molar-refractivity contribution in [3.8, 4) is 5.75 Å². The molecule has 1 amide bonds. The number of hydrogen-bond donors (Lipinski definition) is 2. The standard InChI is InChI=1S/C13H18F2N2O2/c1-13(2,16-3)11(18)17-8-9-4-6-10(7-5-9)19-12(14)15/h4-7,12,16H,8H2,1-3H3,(H,17,18). The molecule has 1 rings (SSSR count). The summed E-state index contributed by atoms with van der Waals surface area (Å²) < 4.78 is 28.2. The molecule has 0 bridgehead atoms. The average molecular weight is 272 g/mol. The number of likely N-dealkylation sites (N-methyl/N-ethyl adjacent to an activating group) is 1. The highest BCUT2D eigenvalue weighted by atomic mass is 19.3. The smallest absolute Gasteiger partial charge is 0.387 e. The van der Waals surface area contributed by atoms with Crippen molar-refractivity contribution in [2.24, 2.45) is 0 Å². The molecule has 0 saturated carbocycles. The van der Waals surface area contributed by atoms with Crippen LogP contribution in [0.1, 0.15) is 19.4 Å². The first-order valence-corrected chi connectivity index (χ1v) is 5.86. The fourth-order valence-electron chi connectivity index (χ4n) is 1.31. The molecule has 106 valence electrons. The fourth-order valence-corrected chi connectivity index (χ4v) is 1.31. The normalized spacial score (nSPS) is 11.5. The van der Waals surface area contributed by atoms with Crippen molar-refractivity contribution >= 4 is 5.91 Å². The van der Waals surface area contributed by atoms with Gasteiger partial charge in [0, 0.05) is 6.54 Å². The van der Waals surface area contributed by atoms with Gasteiger partial charge < -0.3 is 15.4 Å². The quantitative estimate of drug-likeness (QED) is 0.831. The predicted octanol–water partition coefficient (Wildman–Crippen LogP) is 1.90. The molecule has 0 atom stereocenters. The van der Waals surface area contributed by atoms with Gasteiger partial charge >= 0.3 is 6.61 Å². The third-order valence-corrected chi connectivity index (χ3v) is 2.79. The van der Waals surface area contributed by atoms with Crippen LogP contribution >= 0.6 is 0 Å². The van der Waals surface area contributed by atoms with E-state index in [0.717, 1.165) is 5.56 Å². The molecule has 0 aliphatic heterocycles. The number of carbonyl (C=O) groups excluding carboxylic acids is 1. The summed E-state index contributed by atoms with van der Waals surface area (Å²) in [7, 11) is 1.70. The SMILES string of the molecule is CNC(C)(C)C(=O)NCc1ccc(OC(F)F)cc1. The van der Waals surface area contributed by atoms with E-state index >= 15 is 0 Å². The molecule has 0 aliphatic carbocycles. The third-order valence-electron chi connectivity index (χ3n) is 2.79. The molecule has 0 saturated heterocycles. The van der Waals surface area contributed by atoms with Crippen LogP contribution in [0.4, 0.5) is 8.78 Å². The second-order valence-electron chi connectivity index (χ2n) is 4.58. The van der Waals surface area contributed by atoms with Crippen LogP contribution in [-0.4, -0.2) is 25.1 Å². The predicted molar refractivity (Wildman–Crippen MR) is 68.1 cm³/mol. The van der Waals surface area contributed by atoms with Gasteiger partial charge in [0.1, 0.15) is 5.75 Å². The fraction of sp³-hybridized carbons (Fsp3) is 0.462. The topological polar surface area (TPSA) is 50.4 Å². The first-order chi connectivity index (χ1) is 8.85. The second-order valence-corrected chi connectivity index (χ2v) is 4.58. The zero-order valence-electron chi connectivity index (χ0n) is 11.2. The molecule has 2 N–H and O–H groups in total. The van der Waals surface area contributed by atoms with Crippen molar-refractivity contribution in [1.82, 2.24) is 10.6 Å². The van der Waals surface area contributed by atoms with Crippen LogP contribution in [-0.2, 0) is 11.3 Å². The lowest BCUT2D eigenvalue weighted by molar-refractivity contribution is -0.126. The maximum Gasteiger partial charge on any atom is 0.387 e. The molecule has 0 fully saturated rings. The van der Waals surface area contributed by atoms with Gasteiger partial charge in [0.05, 0.1) is 5.54 Å². The summed E-state index contributed by atoms with van der Waals surface area (Å²) in [4.78, 5) is 11.8. The Bertz CT molecular complexity index is 419. The molecule has 0 aliphatic rings. The Labute approximate surface area is 111 Å². The Kier molecular flexibility index (Phi) is 5.23. The molecular weight excluding hydrogens is 254 g/mol. The van der Waals surface area contributed by atoms with Crippen molar-refractivity contribution < 1.29 is 18.3 Å². The molecule has 1 aromatic carbocycles. The number of ether oxygens (including phenoxy) is 1. The van der Waals surface area contributed by atoms with E-state index < -0.39 is 12.2 Å². The molecule has 1 aromatic rings. The van der Waals surface area contributed by atoms with Crippen LogP contribution in [0.15, 0.2) is 24.3 Å². The number of nitrogens with one attached hydrogen (secondary N) is 2. The molecule has 0 spiro atoms. The Balaban J connectivity index is 2.53. The lowest BCUT2D eigenvalue weighted by Crippen LogP contribution is -2.50. The highest BCUT2D eigenvalue weighted by Crippen LogP contribution is 2.14. The lowest BCUT2D eigenvalue weighted by Gasteiger charge is -2.22. The highest BCUT2D eigenvalue weighted by molar-refractivity contribution is 5.85. The van der Waals surface area contributed by atoms with Crippen LogP contribution < -0.4 is 15.4 Å². The minimum Gasteiger partial charge on any atom is -0.435 e. The van der Waals surface area contributed by atoms with E-state index in [1.54, 1.807) is 33.0 Å². The molecule has 19 heavy (non-hydrogen) atoms. The summed E-state index contributed by atoms with van der Waals surface area (Å²) in [6, 6.07) is 6.14. The summed E-state index contributed by atoms with van der Waals surface area (Å²) in [6.07, 6.45) is 0. The van der Waals surface area contributed by atoms with Crippen LogP contribution in [0.25, 0.3) is 0 Å². The van der Waals surface area contributed by atoms with Crippen LogP contribution in [0.5, 0.6) is 5.75 Å². The van der Waals surface area contributed by atoms with E-state index in [0.29, 0.717) is 6.54 Å². The maximum absolute atomic E-state index is 12.0. The summed E-state index contributed by atoms with van der Waals surface area (Å²) in [5.41, 5.74) is 0.153. The van der Waals surface area contributed by atoms with Crippen molar-refractivity contribution in [3.63, 3.8) is 0 Å². The molecule has 0 unspecified atom stereocenters. The van der Waals surface area contributed by atoms with Crippen molar-refractivity contribution in [2.45, 2.75) is 32.5 Å². The van der Waals surface area contributed by atoms with Gasteiger partial charge in [0.2, 0.25) is 5.91 Å². The van der Waals surface area contributed by atoms with Gasteiger partial charge in [-0.1, -0.05) is 12.1 Å². The summed E-state index contributed by atoms with van der Waals surface area (Å²) in [5.74, 6) is -0.0384. The van der Waals surface area contributed by atoms with Gasteiger partial charge in [-0.25, -0.2) is 0 Å². The van der Waals surface area contributed by atoms with E-state index in [1.165, 1.54) is 12.1 Å². The van der Waals surface area contributed by atoms with Gasteiger partial charge in [-0.15, -0.1) is 0 Å². The van der Waals surface area contributed by atoms with Crippen LogP contribution in [0.2, 0.25) is 0 Å². The molecule has 6 heteroatoms. The van der Waals surface area contributed by atoms with Gasteiger partial charge in [-0.05, 0) is 38.6 Å². The highest BCUT2D eigenvalue weighted by Gasteiger charge is 2.24. The van der Waals surface area contributed by atoms with E-state index in [4.69, 9.17) is 0 Å². The van der Waals surface area contributed by atoms with Gasteiger partial charge in [0.15, 0.2) is 0 Å². The Morgan fingerprint density at radius 2 is 1.89 bits per heavy atom. The molecule has 0 heterocycles. The minimum absolute atomic E-state index is 0.0978. The average Bonchev–Trinajstić information content (AvgIpc) is 2.36. The monoisotopic (exact) mass is 272 g/mol. The first-order valence-electron chi connectivity index (χ1n) is 5.86. The minimum atomic E-state index is -2.83. The first kappa shape index (κ1) is 15.4. The largest absolute Gasteiger partial charge is 0.435 e. The zero-order chi connectivity index (χ0) is 14.5. The van der Waals surface area contributed by atoms with E-state index in [2.05, 4.69) is 15.4 Å². The van der Waals surface area contributed by atoms with Crippen LogP contribution in [0.3, 0.4) is 0 Å². The van der Waals surface area contributed by atoms with Gasteiger partial charge in [-0.2, -0.15) is 8.78 Å². The number of rotatable bonds is 6. The number of carbonyl (C=O) groups is 1. The second kappa shape index (κ2) is 6.47. The van der Waals surface area contributed by atoms with Crippen molar-refractivity contribution in [1.29, 1.82) is 0 Å². The summed E-state index contributed by atoms with van der Waals surface area (Å²) >= 11 is 0. The lowest BCUT2D eigenvalue weighted by atomic mass is 10.1. The van der Waals surface area contributed by atoms with E-state index in [1.807, 2.05) is 0 Å². The van der Waals surface area contributed by atoms with E-state index in [-0.39, 0.29) is 11.7 Å². The zero-order valence-corrected chi connectivity index (χ0v) is 11.2. The van der Waals surface area contributed by atoms with Gasteiger partial charge in [0.25, 0.3) is 0 Å². The molecule has 0 radical (unpaired) electrons. The summed E-state index contributed by atoms with van der Waals surface area (Å²) in [5, 5.41) is 5.65.